The van der Waals surface area contributed by atoms with E-state index in [-0.39, 0.29) is 6.04 Å². The highest BCUT2D eigenvalue weighted by Crippen LogP contribution is 2.15. The van der Waals surface area contributed by atoms with E-state index in [2.05, 4.69) is 43.8 Å². The summed E-state index contributed by atoms with van der Waals surface area (Å²) >= 11 is 0. The van der Waals surface area contributed by atoms with Gasteiger partial charge in [-0.25, -0.2) is 0 Å². The van der Waals surface area contributed by atoms with E-state index in [1.807, 2.05) is 0 Å². The summed E-state index contributed by atoms with van der Waals surface area (Å²) in [5.41, 5.74) is 7.30. The van der Waals surface area contributed by atoms with Crippen LogP contribution in [0.2, 0.25) is 0 Å². The van der Waals surface area contributed by atoms with Gasteiger partial charge in [-0.15, -0.1) is 0 Å². The van der Waals surface area contributed by atoms with Crippen molar-refractivity contribution in [1.82, 2.24) is 4.57 Å². The average molecular weight is 238 g/mol. The van der Waals surface area contributed by atoms with E-state index in [1.54, 1.807) is 0 Å². The van der Waals surface area contributed by atoms with Crippen molar-refractivity contribution in [2.45, 2.75) is 46.2 Å². The van der Waals surface area contributed by atoms with Gasteiger partial charge in [-0.3, -0.25) is 0 Å². The summed E-state index contributed by atoms with van der Waals surface area (Å²) in [6.07, 6.45) is 6.40. The van der Waals surface area contributed by atoms with Crippen molar-refractivity contribution < 1.29 is 4.74 Å². The summed E-state index contributed by atoms with van der Waals surface area (Å²) in [6.45, 7) is 9.01. The Hall–Kier alpha value is -0.800. The molecule has 0 radical (unpaired) electrons. The lowest BCUT2D eigenvalue weighted by molar-refractivity contribution is 0.103. The van der Waals surface area contributed by atoms with Crippen LogP contribution >= 0.6 is 0 Å². The summed E-state index contributed by atoms with van der Waals surface area (Å²) < 4.78 is 7.72. The van der Waals surface area contributed by atoms with Gasteiger partial charge in [0.25, 0.3) is 0 Å². The molecule has 0 bridgehead atoms. The highest BCUT2D eigenvalue weighted by molar-refractivity contribution is 5.14. The first-order chi connectivity index (χ1) is 8.13. The van der Waals surface area contributed by atoms with Gasteiger partial charge in [-0.1, -0.05) is 27.2 Å². The molecular formula is C14H26N2O. The molecule has 0 spiro atoms. The van der Waals surface area contributed by atoms with Crippen LogP contribution in [0.15, 0.2) is 18.5 Å². The van der Waals surface area contributed by atoms with Gasteiger partial charge in [0.1, 0.15) is 0 Å². The molecule has 0 amide bonds. The van der Waals surface area contributed by atoms with Crippen molar-refractivity contribution in [1.29, 1.82) is 0 Å². The van der Waals surface area contributed by atoms with Crippen LogP contribution in [-0.4, -0.2) is 17.8 Å². The number of ether oxygens (including phenoxy) is 1. The maximum absolute atomic E-state index is 6.07. The monoisotopic (exact) mass is 238 g/mol. The second kappa shape index (κ2) is 7.51. The molecule has 0 fully saturated rings. The second-order valence-corrected chi connectivity index (χ2v) is 5.05. The number of aromatic nitrogens is 1. The van der Waals surface area contributed by atoms with Crippen LogP contribution in [0.25, 0.3) is 0 Å². The topological polar surface area (TPSA) is 40.2 Å². The number of nitrogens with two attached hydrogens (primary N) is 1. The quantitative estimate of drug-likeness (QED) is 0.707. The Kier molecular flexibility index (Phi) is 6.30. The Labute approximate surface area is 105 Å². The highest BCUT2D eigenvalue weighted by atomic mass is 16.5. The van der Waals surface area contributed by atoms with Crippen LogP contribution in [0.1, 0.15) is 45.2 Å². The van der Waals surface area contributed by atoms with Crippen LogP contribution in [0, 0.1) is 5.92 Å². The fourth-order valence-corrected chi connectivity index (χ4v) is 1.78. The Morgan fingerprint density at radius 2 is 2.18 bits per heavy atom. The molecule has 1 aromatic heterocycles. The first-order valence-electron chi connectivity index (χ1n) is 6.62. The standard InChI is InChI=1S/C14H26N2O/c1-4-5-14(15)13-6-7-16(10-13)8-9-17-11-12(2)3/h6-7,10,12,14H,4-5,8-9,11,15H2,1-3H3. The Balaban J connectivity index is 2.30. The third-order valence-electron chi connectivity index (χ3n) is 2.75. The summed E-state index contributed by atoms with van der Waals surface area (Å²) in [4.78, 5) is 0. The zero-order chi connectivity index (χ0) is 12.7. The molecule has 0 aliphatic rings. The largest absolute Gasteiger partial charge is 0.379 e. The average Bonchev–Trinajstić information content (AvgIpc) is 2.73. The molecule has 98 valence electrons. The Morgan fingerprint density at radius 3 is 2.82 bits per heavy atom. The molecule has 2 N–H and O–H groups in total. The minimum absolute atomic E-state index is 0.179. The second-order valence-electron chi connectivity index (χ2n) is 5.05. The molecule has 1 atom stereocenters. The molecule has 3 nitrogen and oxygen atoms in total. The molecule has 1 aromatic rings. The van der Waals surface area contributed by atoms with Crippen LogP contribution in [-0.2, 0) is 11.3 Å². The lowest BCUT2D eigenvalue weighted by Gasteiger charge is -2.09. The lowest BCUT2D eigenvalue weighted by atomic mass is 10.1. The van der Waals surface area contributed by atoms with Crippen molar-refractivity contribution in [3.8, 4) is 0 Å². The van der Waals surface area contributed by atoms with Gasteiger partial charge in [0.2, 0.25) is 0 Å². The maximum Gasteiger partial charge on any atom is 0.0645 e. The van der Waals surface area contributed by atoms with E-state index < -0.39 is 0 Å². The zero-order valence-electron chi connectivity index (χ0n) is 11.4. The van der Waals surface area contributed by atoms with Gasteiger partial charge in [0, 0.05) is 31.6 Å². The van der Waals surface area contributed by atoms with Gasteiger partial charge < -0.3 is 15.0 Å². The fraction of sp³-hybridized carbons (Fsp3) is 0.714. The molecule has 1 unspecified atom stereocenters. The third-order valence-corrected chi connectivity index (χ3v) is 2.75. The van der Waals surface area contributed by atoms with Gasteiger partial charge >= 0.3 is 0 Å². The molecule has 17 heavy (non-hydrogen) atoms. The molecule has 1 heterocycles. The fourth-order valence-electron chi connectivity index (χ4n) is 1.78. The summed E-state index contributed by atoms with van der Waals surface area (Å²) in [5, 5.41) is 0. The summed E-state index contributed by atoms with van der Waals surface area (Å²) in [5.74, 6) is 0.605. The predicted octanol–water partition coefficient (Wildman–Crippen LogP) is 2.96. The van der Waals surface area contributed by atoms with E-state index in [9.17, 15) is 0 Å². The lowest BCUT2D eigenvalue weighted by Crippen LogP contribution is -2.10. The predicted molar refractivity (Wildman–Crippen MR) is 71.9 cm³/mol. The van der Waals surface area contributed by atoms with Gasteiger partial charge in [-0.05, 0) is 24.0 Å². The number of hydrogen-bond acceptors (Lipinski definition) is 2. The van der Waals surface area contributed by atoms with E-state index in [0.717, 1.165) is 32.6 Å². The van der Waals surface area contributed by atoms with Crippen molar-refractivity contribution in [3.05, 3.63) is 24.0 Å². The van der Waals surface area contributed by atoms with E-state index in [1.165, 1.54) is 5.56 Å². The molecule has 1 rings (SSSR count). The molecule has 0 aliphatic carbocycles. The molecule has 3 heteroatoms. The van der Waals surface area contributed by atoms with E-state index >= 15 is 0 Å². The van der Waals surface area contributed by atoms with Crippen molar-refractivity contribution in [2.24, 2.45) is 11.7 Å². The van der Waals surface area contributed by atoms with Crippen molar-refractivity contribution in [3.63, 3.8) is 0 Å². The summed E-state index contributed by atoms with van der Waals surface area (Å²) in [7, 11) is 0. The first-order valence-corrected chi connectivity index (χ1v) is 6.62. The van der Waals surface area contributed by atoms with Crippen molar-refractivity contribution >= 4 is 0 Å². The minimum Gasteiger partial charge on any atom is -0.379 e. The molecule has 0 aromatic carbocycles. The summed E-state index contributed by atoms with van der Waals surface area (Å²) in [6, 6.07) is 2.29. The Morgan fingerprint density at radius 1 is 1.41 bits per heavy atom. The molecule has 0 saturated carbocycles. The van der Waals surface area contributed by atoms with Gasteiger partial charge in [0.15, 0.2) is 0 Å². The Bertz CT molecular complexity index is 307. The molecule has 0 aliphatic heterocycles. The SMILES string of the molecule is CCCC(N)c1ccn(CCOCC(C)C)c1. The van der Waals surface area contributed by atoms with Gasteiger partial charge in [-0.2, -0.15) is 0 Å². The van der Waals surface area contributed by atoms with Crippen LogP contribution in [0.4, 0.5) is 0 Å². The van der Waals surface area contributed by atoms with Crippen molar-refractivity contribution in [2.75, 3.05) is 13.2 Å². The number of hydrogen-bond donors (Lipinski definition) is 1. The van der Waals surface area contributed by atoms with Crippen LogP contribution < -0.4 is 5.73 Å². The number of nitrogens with zero attached hydrogens (tertiary/aromatic N) is 1. The number of rotatable bonds is 8. The minimum atomic E-state index is 0.179. The first kappa shape index (κ1) is 14.3. The van der Waals surface area contributed by atoms with Gasteiger partial charge in [0.05, 0.1) is 6.61 Å². The van der Waals surface area contributed by atoms with Crippen LogP contribution in [0.3, 0.4) is 0 Å². The van der Waals surface area contributed by atoms with E-state index in [4.69, 9.17) is 10.5 Å². The molecular weight excluding hydrogens is 212 g/mol. The molecule has 0 saturated heterocycles. The maximum atomic E-state index is 6.07. The normalized spacial score (nSPS) is 13.2. The van der Waals surface area contributed by atoms with Crippen LogP contribution in [0.5, 0.6) is 0 Å². The smallest absolute Gasteiger partial charge is 0.0645 e. The highest BCUT2D eigenvalue weighted by Gasteiger charge is 2.06. The zero-order valence-corrected chi connectivity index (χ0v) is 11.4. The third kappa shape index (κ3) is 5.37. The van der Waals surface area contributed by atoms with E-state index in [0.29, 0.717) is 5.92 Å².